The minimum absolute atomic E-state index is 0.00822. The van der Waals surface area contributed by atoms with Gasteiger partial charge in [0, 0.05) is 16.1 Å². The van der Waals surface area contributed by atoms with Crippen LogP contribution in [0.5, 0.6) is 0 Å². The van der Waals surface area contributed by atoms with Gasteiger partial charge in [-0.1, -0.05) is 24.3 Å². The number of thioether (sulfide) groups is 1. The van der Waals surface area contributed by atoms with Gasteiger partial charge in [-0.3, -0.25) is 4.79 Å². The fourth-order valence-corrected chi connectivity index (χ4v) is 3.78. The molecule has 0 fully saturated rings. The van der Waals surface area contributed by atoms with Crippen molar-refractivity contribution in [2.24, 2.45) is 0 Å². The highest BCUT2D eigenvalue weighted by molar-refractivity contribution is 8.01. The number of benzene rings is 2. The average molecular weight is 323 g/mol. The summed E-state index contributed by atoms with van der Waals surface area (Å²) in [5.74, 6) is 0.442. The zero-order valence-corrected chi connectivity index (χ0v) is 12.9. The molecule has 0 saturated carbocycles. The van der Waals surface area contributed by atoms with Crippen molar-refractivity contribution in [3.05, 3.63) is 60.5 Å². The summed E-state index contributed by atoms with van der Waals surface area (Å²) in [4.78, 5) is 13.7. The van der Waals surface area contributed by atoms with Crippen molar-refractivity contribution in [1.29, 1.82) is 0 Å². The highest BCUT2D eigenvalue weighted by Crippen LogP contribution is 2.37. The van der Waals surface area contributed by atoms with E-state index in [1.807, 2.05) is 36.4 Å². The van der Waals surface area contributed by atoms with E-state index in [0.29, 0.717) is 5.89 Å². The van der Waals surface area contributed by atoms with Crippen LogP contribution >= 0.6 is 11.8 Å². The van der Waals surface area contributed by atoms with Crippen LogP contribution in [0.3, 0.4) is 0 Å². The predicted octanol–water partition coefficient (Wildman–Crippen LogP) is 3.39. The van der Waals surface area contributed by atoms with Gasteiger partial charge < -0.3 is 9.73 Å². The van der Waals surface area contributed by atoms with E-state index in [-0.39, 0.29) is 11.2 Å². The van der Waals surface area contributed by atoms with Crippen LogP contribution in [0.4, 0.5) is 5.69 Å². The first-order valence-electron chi connectivity index (χ1n) is 7.21. The normalized spacial score (nSPS) is 16.1. The molecule has 5 nitrogen and oxygen atoms in total. The first-order chi connectivity index (χ1) is 11.3. The third-order valence-corrected chi connectivity index (χ3v) is 4.99. The number of rotatable bonds is 3. The molecule has 2 aromatic carbocycles. The van der Waals surface area contributed by atoms with Gasteiger partial charge in [0.2, 0.25) is 18.2 Å². The number of nitrogens with zero attached hydrogens (tertiary/aromatic N) is 2. The van der Waals surface area contributed by atoms with Crippen LogP contribution < -0.4 is 5.32 Å². The second-order valence-electron chi connectivity index (χ2n) is 5.23. The van der Waals surface area contributed by atoms with Crippen LogP contribution in [0.15, 0.2) is 64.2 Å². The summed E-state index contributed by atoms with van der Waals surface area (Å²) in [7, 11) is 0. The zero-order valence-electron chi connectivity index (χ0n) is 12.1. The largest absolute Gasteiger partial charge is 0.423 e. The van der Waals surface area contributed by atoms with Gasteiger partial charge in [0.1, 0.15) is 0 Å². The van der Waals surface area contributed by atoms with E-state index in [4.69, 9.17) is 4.42 Å². The Bertz CT molecular complexity index is 824. The summed E-state index contributed by atoms with van der Waals surface area (Å²) in [5.41, 5.74) is 2.74. The number of aromatic nitrogens is 2. The topological polar surface area (TPSA) is 68.0 Å². The Kier molecular flexibility index (Phi) is 3.59. The molecule has 0 spiro atoms. The lowest BCUT2D eigenvalue weighted by molar-refractivity contribution is -0.115. The highest BCUT2D eigenvalue weighted by Gasteiger charge is 2.28. The first-order valence-corrected chi connectivity index (χ1v) is 8.09. The maximum Gasteiger partial charge on any atom is 0.247 e. The van der Waals surface area contributed by atoms with E-state index >= 15 is 0 Å². The van der Waals surface area contributed by atoms with Crippen LogP contribution in [0, 0.1) is 0 Å². The molecule has 0 aliphatic carbocycles. The Morgan fingerprint density at radius 2 is 2.13 bits per heavy atom. The first kappa shape index (κ1) is 14.0. The molecule has 3 aromatic rings. The van der Waals surface area contributed by atoms with Crippen molar-refractivity contribution in [3.8, 4) is 11.5 Å². The molecule has 1 atom stereocenters. The number of nitrogens with one attached hydrogen (secondary N) is 1. The molecule has 0 radical (unpaired) electrons. The molecule has 1 N–H and O–H groups in total. The average Bonchev–Trinajstić information content (AvgIpc) is 3.24. The van der Waals surface area contributed by atoms with Crippen molar-refractivity contribution in [2.45, 2.75) is 16.6 Å². The Morgan fingerprint density at radius 3 is 2.96 bits per heavy atom. The molecular weight excluding hydrogens is 310 g/mol. The van der Waals surface area contributed by atoms with Crippen molar-refractivity contribution >= 4 is 23.4 Å². The fourth-order valence-electron chi connectivity index (χ4n) is 2.58. The molecule has 2 heterocycles. The summed E-state index contributed by atoms with van der Waals surface area (Å²) in [6, 6.07) is 15.5. The minimum atomic E-state index is -0.0977. The molecule has 4 rings (SSSR count). The van der Waals surface area contributed by atoms with Gasteiger partial charge in [-0.15, -0.1) is 22.0 Å². The third-order valence-electron chi connectivity index (χ3n) is 3.68. The second kappa shape index (κ2) is 5.89. The molecule has 1 amide bonds. The Balaban J connectivity index is 1.49. The van der Waals surface area contributed by atoms with Crippen LogP contribution in [-0.4, -0.2) is 21.4 Å². The molecule has 0 bridgehead atoms. The zero-order chi connectivity index (χ0) is 15.6. The predicted molar refractivity (Wildman–Crippen MR) is 88.2 cm³/mol. The second-order valence-corrected chi connectivity index (χ2v) is 6.48. The maximum atomic E-state index is 12.5. The van der Waals surface area contributed by atoms with Gasteiger partial charge in [0.05, 0.1) is 5.25 Å². The fraction of sp³-hybridized carbons (Fsp3) is 0.118. The van der Waals surface area contributed by atoms with Gasteiger partial charge in [0.15, 0.2) is 0 Å². The minimum Gasteiger partial charge on any atom is -0.423 e. The molecule has 6 heteroatoms. The summed E-state index contributed by atoms with van der Waals surface area (Å²) in [5, 5.41) is 10.4. The number of carbonyl (C=O) groups is 1. The lowest BCUT2D eigenvalue weighted by Crippen LogP contribution is -2.24. The van der Waals surface area contributed by atoms with Crippen LogP contribution in [0.25, 0.3) is 11.5 Å². The van der Waals surface area contributed by atoms with Crippen molar-refractivity contribution in [1.82, 2.24) is 10.2 Å². The number of carbonyl (C=O) groups excluding carboxylic acids is 1. The van der Waals surface area contributed by atoms with Gasteiger partial charge in [-0.05, 0) is 36.2 Å². The van der Waals surface area contributed by atoms with E-state index in [0.717, 1.165) is 17.7 Å². The molecule has 114 valence electrons. The van der Waals surface area contributed by atoms with Crippen LogP contribution in [0.1, 0.15) is 5.56 Å². The number of hydrogen-bond donors (Lipinski definition) is 1. The van der Waals surface area contributed by atoms with E-state index in [1.54, 1.807) is 11.8 Å². The van der Waals surface area contributed by atoms with E-state index < -0.39 is 0 Å². The van der Waals surface area contributed by atoms with Crippen molar-refractivity contribution in [2.75, 3.05) is 5.32 Å². The lowest BCUT2D eigenvalue weighted by atomic mass is 10.1. The number of anilines is 1. The van der Waals surface area contributed by atoms with Crippen molar-refractivity contribution in [3.63, 3.8) is 0 Å². The van der Waals surface area contributed by atoms with E-state index in [9.17, 15) is 4.79 Å². The third kappa shape index (κ3) is 2.85. The Morgan fingerprint density at radius 1 is 1.22 bits per heavy atom. The molecule has 1 aliphatic heterocycles. The number of amides is 1. The smallest absolute Gasteiger partial charge is 0.247 e. The molecule has 0 saturated heterocycles. The van der Waals surface area contributed by atoms with Gasteiger partial charge >= 0.3 is 0 Å². The Labute approximate surface area is 137 Å². The van der Waals surface area contributed by atoms with E-state index in [1.165, 1.54) is 16.9 Å². The van der Waals surface area contributed by atoms with Crippen molar-refractivity contribution < 1.29 is 9.21 Å². The maximum absolute atomic E-state index is 12.5. The summed E-state index contributed by atoms with van der Waals surface area (Å²) in [6.07, 6.45) is 2.04. The van der Waals surface area contributed by atoms with Gasteiger partial charge in [0.25, 0.3) is 0 Å². The summed E-state index contributed by atoms with van der Waals surface area (Å²) >= 11 is 1.61. The quantitative estimate of drug-likeness (QED) is 0.800. The summed E-state index contributed by atoms with van der Waals surface area (Å²) in [6.45, 7) is 0. The Hall–Kier alpha value is -2.60. The molecule has 1 unspecified atom stereocenters. The molecule has 23 heavy (non-hydrogen) atoms. The van der Waals surface area contributed by atoms with Gasteiger partial charge in [-0.2, -0.15) is 0 Å². The lowest BCUT2D eigenvalue weighted by Gasteiger charge is -2.10. The van der Waals surface area contributed by atoms with E-state index in [2.05, 4.69) is 27.6 Å². The highest BCUT2D eigenvalue weighted by atomic mass is 32.2. The SMILES string of the molecule is O=C(Nc1cccc(-c2nnco2)c1)C1Cc2ccccc2S1. The van der Waals surface area contributed by atoms with Crippen LogP contribution in [0.2, 0.25) is 0 Å². The molecule has 1 aliphatic rings. The standard InChI is InChI=1S/C17H13N3O2S/c21-16(15-9-11-4-1-2-7-14(11)23-15)19-13-6-3-5-12(8-13)17-20-18-10-22-17/h1-8,10,15H,9H2,(H,19,21). The monoisotopic (exact) mass is 323 g/mol. The van der Waals surface area contributed by atoms with Crippen LogP contribution in [-0.2, 0) is 11.2 Å². The summed E-state index contributed by atoms with van der Waals surface area (Å²) < 4.78 is 5.18. The molecular formula is C17H13N3O2S. The number of fused-ring (bicyclic) bond motifs is 1. The number of hydrogen-bond acceptors (Lipinski definition) is 5. The molecule has 1 aromatic heterocycles. The van der Waals surface area contributed by atoms with Gasteiger partial charge in [-0.25, -0.2) is 0 Å².